The Kier molecular flexibility index (Phi) is 5.54. The van der Waals surface area contributed by atoms with Gasteiger partial charge >= 0.3 is 0 Å². The second-order valence-corrected chi connectivity index (χ2v) is 4.21. The third-order valence-electron chi connectivity index (χ3n) is 2.49. The number of nitrogens with zero attached hydrogens (tertiary/aromatic N) is 1. The summed E-state index contributed by atoms with van der Waals surface area (Å²) in [4.78, 5) is 10.5. The van der Waals surface area contributed by atoms with E-state index in [1.165, 1.54) is 6.07 Å². The van der Waals surface area contributed by atoms with Gasteiger partial charge in [0, 0.05) is 25.7 Å². The smallest absolute Gasteiger partial charge is 0.292 e. The van der Waals surface area contributed by atoms with Crippen molar-refractivity contribution in [1.29, 1.82) is 0 Å². The van der Waals surface area contributed by atoms with E-state index in [2.05, 4.69) is 10.6 Å². The Balaban J connectivity index is 2.53. The van der Waals surface area contributed by atoms with Gasteiger partial charge in [-0.25, -0.2) is 0 Å². The Morgan fingerprint density at radius 1 is 1.44 bits per heavy atom. The van der Waals surface area contributed by atoms with Crippen molar-refractivity contribution in [3.63, 3.8) is 0 Å². The minimum atomic E-state index is -0.391. The van der Waals surface area contributed by atoms with Crippen LogP contribution in [0.2, 0.25) is 0 Å². The first-order valence-electron chi connectivity index (χ1n) is 5.89. The molecule has 1 aromatic carbocycles. The highest BCUT2D eigenvalue weighted by molar-refractivity contribution is 5.65. The van der Waals surface area contributed by atoms with E-state index in [0.29, 0.717) is 25.3 Å². The van der Waals surface area contributed by atoms with Crippen LogP contribution in [0.3, 0.4) is 0 Å². The first-order chi connectivity index (χ1) is 8.52. The minimum Gasteiger partial charge on any atom is -0.392 e. The van der Waals surface area contributed by atoms with Gasteiger partial charge in [0.2, 0.25) is 0 Å². The molecule has 0 aliphatic carbocycles. The Morgan fingerprint density at radius 3 is 2.78 bits per heavy atom. The van der Waals surface area contributed by atoms with Crippen LogP contribution in [0.5, 0.6) is 0 Å². The molecule has 1 aromatic rings. The Morgan fingerprint density at radius 2 is 2.17 bits per heavy atom. The molecular weight excluding hydrogens is 234 g/mol. The number of hydrogen-bond acceptors (Lipinski definition) is 5. The van der Waals surface area contributed by atoms with E-state index in [1.807, 2.05) is 13.0 Å². The number of nitro groups is 1. The molecule has 18 heavy (non-hydrogen) atoms. The van der Waals surface area contributed by atoms with Crippen LogP contribution in [0.1, 0.15) is 12.5 Å². The van der Waals surface area contributed by atoms with Crippen LogP contribution >= 0.6 is 0 Å². The fraction of sp³-hybridized carbons (Fsp3) is 0.500. The molecule has 0 aromatic heterocycles. The van der Waals surface area contributed by atoms with Crippen LogP contribution in [-0.2, 0) is 0 Å². The lowest BCUT2D eigenvalue weighted by Gasteiger charge is -2.11. The summed E-state index contributed by atoms with van der Waals surface area (Å²) < 4.78 is 0. The molecule has 0 saturated carbocycles. The largest absolute Gasteiger partial charge is 0.392 e. The number of aryl methyl sites for hydroxylation is 1. The number of anilines is 1. The summed E-state index contributed by atoms with van der Waals surface area (Å²) in [5, 5.41) is 26.0. The van der Waals surface area contributed by atoms with Gasteiger partial charge in [0.15, 0.2) is 0 Å². The highest BCUT2D eigenvalue weighted by atomic mass is 16.6. The van der Waals surface area contributed by atoms with Gasteiger partial charge in [0.05, 0.1) is 11.0 Å². The monoisotopic (exact) mass is 253 g/mol. The maximum atomic E-state index is 10.9. The van der Waals surface area contributed by atoms with Gasteiger partial charge in [-0.2, -0.15) is 0 Å². The lowest BCUT2D eigenvalue weighted by molar-refractivity contribution is -0.384. The molecule has 0 spiro atoms. The van der Waals surface area contributed by atoms with Crippen molar-refractivity contribution in [2.24, 2.45) is 0 Å². The predicted molar refractivity (Wildman–Crippen MR) is 70.9 cm³/mol. The molecular formula is C12H19N3O3. The molecule has 0 heterocycles. The Hall–Kier alpha value is -1.66. The molecule has 6 heteroatoms. The zero-order chi connectivity index (χ0) is 13.5. The van der Waals surface area contributed by atoms with Gasteiger partial charge in [-0.05, 0) is 19.4 Å². The Bertz CT molecular complexity index is 408. The van der Waals surface area contributed by atoms with Crippen LogP contribution in [0.4, 0.5) is 11.4 Å². The predicted octanol–water partition coefficient (Wildman–Crippen LogP) is 1.29. The SMILES string of the molecule is Cc1cccc([N+](=O)[O-])c1NCCNCC(C)O. The van der Waals surface area contributed by atoms with Crippen LogP contribution in [-0.4, -0.2) is 35.8 Å². The average molecular weight is 253 g/mol. The molecule has 0 saturated heterocycles. The summed E-state index contributed by atoms with van der Waals surface area (Å²) in [5.74, 6) is 0. The van der Waals surface area contributed by atoms with Gasteiger partial charge < -0.3 is 15.7 Å². The summed E-state index contributed by atoms with van der Waals surface area (Å²) in [5.41, 5.74) is 1.49. The number of aliphatic hydroxyl groups is 1. The van der Waals surface area contributed by atoms with Crippen LogP contribution < -0.4 is 10.6 Å². The summed E-state index contributed by atoms with van der Waals surface area (Å²) in [6.07, 6.45) is -0.391. The van der Waals surface area contributed by atoms with Crippen molar-refractivity contribution in [2.45, 2.75) is 20.0 Å². The van der Waals surface area contributed by atoms with E-state index in [1.54, 1.807) is 13.0 Å². The Labute approximate surface area is 106 Å². The molecule has 0 amide bonds. The van der Waals surface area contributed by atoms with Crippen LogP contribution in [0.15, 0.2) is 18.2 Å². The first-order valence-corrected chi connectivity index (χ1v) is 5.89. The van der Waals surface area contributed by atoms with E-state index >= 15 is 0 Å². The topological polar surface area (TPSA) is 87.4 Å². The molecule has 6 nitrogen and oxygen atoms in total. The van der Waals surface area contributed by atoms with Gasteiger partial charge in [-0.1, -0.05) is 12.1 Å². The van der Waals surface area contributed by atoms with Crippen molar-refractivity contribution >= 4 is 11.4 Å². The first kappa shape index (κ1) is 14.4. The van der Waals surface area contributed by atoms with Crippen LogP contribution in [0, 0.1) is 17.0 Å². The normalized spacial score (nSPS) is 12.2. The summed E-state index contributed by atoms with van der Waals surface area (Å²) in [6.45, 7) is 5.25. The second kappa shape index (κ2) is 6.93. The lowest BCUT2D eigenvalue weighted by atomic mass is 10.1. The van der Waals surface area contributed by atoms with Crippen LogP contribution in [0.25, 0.3) is 0 Å². The second-order valence-electron chi connectivity index (χ2n) is 4.21. The van der Waals surface area contributed by atoms with Gasteiger partial charge in [-0.15, -0.1) is 0 Å². The van der Waals surface area contributed by atoms with Crippen molar-refractivity contribution in [3.05, 3.63) is 33.9 Å². The number of nitro benzene ring substituents is 1. The fourth-order valence-corrected chi connectivity index (χ4v) is 1.62. The van der Waals surface area contributed by atoms with E-state index in [9.17, 15) is 10.1 Å². The third kappa shape index (κ3) is 4.31. The molecule has 3 N–H and O–H groups in total. The zero-order valence-electron chi connectivity index (χ0n) is 10.6. The van der Waals surface area contributed by atoms with E-state index in [-0.39, 0.29) is 5.69 Å². The molecule has 0 fully saturated rings. The maximum Gasteiger partial charge on any atom is 0.292 e. The summed E-state index contributed by atoms with van der Waals surface area (Å²) in [6, 6.07) is 4.99. The molecule has 0 radical (unpaired) electrons. The van der Waals surface area contributed by atoms with E-state index < -0.39 is 11.0 Å². The van der Waals surface area contributed by atoms with Gasteiger partial charge in [0.1, 0.15) is 5.69 Å². The van der Waals surface area contributed by atoms with E-state index in [4.69, 9.17) is 5.11 Å². The fourth-order valence-electron chi connectivity index (χ4n) is 1.62. The molecule has 1 atom stereocenters. The summed E-state index contributed by atoms with van der Waals surface area (Å²) in [7, 11) is 0. The number of para-hydroxylation sites is 1. The molecule has 1 unspecified atom stereocenters. The molecule has 0 bridgehead atoms. The third-order valence-corrected chi connectivity index (χ3v) is 2.49. The summed E-state index contributed by atoms with van der Waals surface area (Å²) >= 11 is 0. The van der Waals surface area contributed by atoms with Crippen molar-refractivity contribution < 1.29 is 10.0 Å². The molecule has 1 rings (SSSR count). The number of hydrogen-bond donors (Lipinski definition) is 3. The van der Waals surface area contributed by atoms with E-state index in [0.717, 1.165) is 5.56 Å². The quantitative estimate of drug-likeness (QED) is 0.387. The van der Waals surface area contributed by atoms with Crippen molar-refractivity contribution in [3.8, 4) is 0 Å². The number of nitrogens with one attached hydrogen (secondary N) is 2. The highest BCUT2D eigenvalue weighted by Crippen LogP contribution is 2.27. The van der Waals surface area contributed by atoms with Crippen molar-refractivity contribution in [2.75, 3.05) is 25.0 Å². The van der Waals surface area contributed by atoms with Gasteiger partial charge in [0.25, 0.3) is 5.69 Å². The number of rotatable bonds is 7. The maximum absolute atomic E-state index is 10.9. The molecule has 0 aliphatic rings. The minimum absolute atomic E-state index is 0.0885. The zero-order valence-corrected chi connectivity index (χ0v) is 10.6. The molecule has 0 aliphatic heterocycles. The number of aliphatic hydroxyl groups excluding tert-OH is 1. The lowest BCUT2D eigenvalue weighted by Crippen LogP contribution is -2.29. The standard InChI is InChI=1S/C12H19N3O3/c1-9-4-3-5-11(15(17)18)12(9)14-7-6-13-8-10(2)16/h3-5,10,13-14,16H,6-8H2,1-2H3. The average Bonchev–Trinajstić information content (AvgIpc) is 2.29. The highest BCUT2D eigenvalue weighted by Gasteiger charge is 2.14. The van der Waals surface area contributed by atoms with Gasteiger partial charge in [-0.3, -0.25) is 10.1 Å². The number of benzene rings is 1. The van der Waals surface area contributed by atoms with Crippen molar-refractivity contribution in [1.82, 2.24) is 5.32 Å². The molecule has 100 valence electrons.